The van der Waals surface area contributed by atoms with Gasteiger partial charge in [0.05, 0.1) is 23.6 Å². The minimum Gasteiger partial charge on any atom is -0.323 e. The Morgan fingerprint density at radius 2 is 2.09 bits per heavy atom. The molecule has 0 atom stereocenters. The summed E-state index contributed by atoms with van der Waals surface area (Å²) in [5, 5.41) is 10.5. The van der Waals surface area contributed by atoms with E-state index in [9.17, 15) is 4.79 Å². The van der Waals surface area contributed by atoms with Crippen molar-refractivity contribution in [1.29, 1.82) is 0 Å². The number of hydrogen-bond acceptors (Lipinski definition) is 3. The van der Waals surface area contributed by atoms with E-state index in [-0.39, 0.29) is 18.3 Å². The van der Waals surface area contributed by atoms with Crippen LogP contribution >= 0.6 is 12.4 Å². The van der Waals surface area contributed by atoms with Crippen molar-refractivity contribution in [3.05, 3.63) is 42.2 Å². The number of carbonyl (C=O) groups is 1. The normalized spacial score (nSPS) is 13.5. The minimum absolute atomic E-state index is 0. The van der Waals surface area contributed by atoms with Crippen molar-refractivity contribution < 1.29 is 4.79 Å². The van der Waals surface area contributed by atoms with Gasteiger partial charge in [0.25, 0.3) is 0 Å². The second kappa shape index (κ2) is 7.42. The molecule has 0 aliphatic heterocycles. The maximum Gasteiger partial charge on any atom is 0.238 e. The number of hydrogen-bond donors (Lipinski definition) is 2. The molecule has 5 nitrogen and oxygen atoms in total. The average Bonchev–Trinajstić information content (AvgIpc) is 3.19. The molecule has 1 aromatic heterocycles. The highest BCUT2D eigenvalue weighted by Crippen LogP contribution is 2.27. The van der Waals surface area contributed by atoms with E-state index >= 15 is 0 Å². The summed E-state index contributed by atoms with van der Waals surface area (Å²) in [6, 6.07) is 9.63. The van der Waals surface area contributed by atoms with Crippen LogP contribution in [0.4, 0.5) is 5.69 Å². The highest BCUT2D eigenvalue weighted by Gasteiger charge is 2.20. The number of anilines is 1. The van der Waals surface area contributed by atoms with Gasteiger partial charge in [0.2, 0.25) is 5.91 Å². The number of rotatable bonds is 6. The van der Waals surface area contributed by atoms with Gasteiger partial charge in [0.15, 0.2) is 0 Å². The molecule has 1 saturated carbocycles. The fourth-order valence-electron chi connectivity index (χ4n) is 2.23. The molecule has 1 fully saturated rings. The molecule has 1 aliphatic rings. The number of aromatic nitrogens is 2. The molecule has 6 heteroatoms. The fraction of sp³-hybridized carbons (Fsp3) is 0.375. The van der Waals surface area contributed by atoms with Crippen molar-refractivity contribution in [2.24, 2.45) is 5.92 Å². The van der Waals surface area contributed by atoms with E-state index < -0.39 is 0 Å². The van der Waals surface area contributed by atoms with Crippen LogP contribution in [0.2, 0.25) is 0 Å². The van der Waals surface area contributed by atoms with Crippen LogP contribution in [0, 0.1) is 12.8 Å². The maximum absolute atomic E-state index is 12.0. The van der Waals surface area contributed by atoms with E-state index in [2.05, 4.69) is 15.7 Å². The van der Waals surface area contributed by atoms with Crippen LogP contribution in [0.15, 0.2) is 36.5 Å². The smallest absolute Gasteiger partial charge is 0.238 e. The van der Waals surface area contributed by atoms with Gasteiger partial charge in [-0.15, -0.1) is 12.4 Å². The van der Waals surface area contributed by atoms with Crippen LogP contribution in [0.3, 0.4) is 0 Å². The average molecular weight is 321 g/mol. The number of nitrogens with one attached hydrogen (secondary N) is 2. The number of para-hydroxylation sites is 2. The van der Waals surface area contributed by atoms with Crippen LogP contribution in [-0.2, 0) is 4.79 Å². The number of benzene rings is 1. The number of amides is 1. The Balaban J connectivity index is 0.00000176. The van der Waals surface area contributed by atoms with Crippen molar-refractivity contribution in [2.45, 2.75) is 19.8 Å². The largest absolute Gasteiger partial charge is 0.323 e. The molecule has 1 aliphatic carbocycles. The fourth-order valence-corrected chi connectivity index (χ4v) is 2.23. The van der Waals surface area contributed by atoms with Gasteiger partial charge in [-0.25, -0.2) is 4.68 Å². The molecule has 1 aromatic carbocycles. The lowest BCUT2D eigenvalue weighted by atomic mass is 10.2. The monoisotopic (exact) mass is 320 g/mol. The topological polar surface area (TPSA) is 59.0 Å². The summed E-state index contributed by atoms with van der Waals surface area (Å²) >= 11 is 0. The molecule has 1 amide bonds. The van der Waals surface area contributed by atoms with Crippen LogP contribution in [0.1, 0.15) is 18.5 Å². The predicted octanol–water partition coefficient (Wildman–Crippen LogP) is 2.54. The molecule has 0 unspecified atom stereocenters. The van der Waals surface area contributed by atoms with E-state index in [0.717, 1.165) is 29.5 Å². The van der Waals surface area contributed by atoms with Crippen LogP contribution in [-0.4, -0.2) is 28.8 Å². The first-order valence-corrected chi connectivity index (χ1v) is 7.34. The zero-order valence-electron chi connectivity index (χ0n) is 12.6. The molecule has 2 N–H and O–H groups in total. The summed E-state index contributed by atoms with van der Waals surface area (Å²) in [6.45, 7) is 3.23. The summed E-state index contributed by atoms with van der Waals surface area (Å²) < 4.78 is 1.78. The first-order chi connectivity index (χ1) is 10.2. The number of nitrogens with zero attached hydrogens (tertiary/aromatic N) is 2. The molecule has 0 spiro atoms. The van der Waals surface area contributed by atoms with Gasteiger partial charge in [0, 0.05) is 6.20 Å². The lowest BCUT2D eigenvalue weighted by molar-refractivity contribution is -0.115. The molecule has 22 heavy (non-hydrogen) atoms. The Hall–Kier alpha value is -1.85. The Morgan fingerprint density at radius 1 is 1.32 bits per heavy atom. The third kappa shape index (κ3) is 4.32. The summed E-state index contributed by atoms with van der Waals surface area (Å²) in [5.41, 5.74) is 2.60. The van der Waals surface area contributed by atoms with E-state index in [4.69, 9.17) is 0 Å². The van der Waals surface area contributed by atoms with Gasteiger partial charge in [-0.1, -0.05) is 12.1 Å². The molecular formula is C16H21ClN4O. The van der Waals surface area contributed by atoms with E-state index in [1.165, 1.54) is 12.8 Å². The zero-order valence-corrected chi connectivity index (χ0v) is 13.4. The quantitative estimate of drug-likeness (QED) is 0.860. The Labute approximate surface area is 136 Å². The SMILES string of the molecule is Cc1ccn(-c2ccccc2NC(=O)CNCC2CC2)n1.Cl. The Kier molecular flexibility index (Phi) is 5.57. The van der Waals surface area contributed by atoms with Crippen molar-refractivity contribution in [3.63, 3.8) is 0 Å². The third-order valence-corrected chi connectivity index (χ3v) is 3.56. The molecule has 0 bridgehead atoms. The number of halogens is 1. The molecule has 118 valence electrons. The van der Waals surface area contributed by atoms with Gasteiger partial charge in [-0.2, -0.15) is 5.10 Å². The second-order valence-electron chi connectivity index (χ2n) is 5.54. The van der Waals surface area contributed by atoms with Gasteiger partial charge in [-0.05, 0) is 50.4 Å². The van der Waals surface area contributed by atoms with Crippen molar-refractivity contribution >= 4 is 24.0 Å². The number of carbonyl (C=O) groups excluding carboxylic acids is 1. The predicted molar refractivity (Wildman–Crippen MR) is 89.8 cm³/mol. The Bertz CT molecular complexity index is 637. The molecule has 0 saturated heterocycles. The third-order valence-electron chi connectivity index (χ3n) is 3.56. The van der Waals surface area contributed by atoms with Crippen LogP contribution in [0.25, 0.3) is 5.69 Å². The van der Waals surface area contributed by atoms with Gasteiger partial charge < -0.3 is 10.6 Å². The molecule has 1 heterocycles. The van der Waals surface area contributed by atoms with Crippen molar-refractivity contribution in [1.82, 2.24) is 15.1 Å². The summed E-state index contributed by atoms with van der Waals surface area (Å²) in [4.78, 5) is 12.0. The summed E-state index contributed by atoms with van der Waals surface area (Å²) in [7, 11) is 0. The van der Waals surface area contributed by atoms with Gasteiger partial charge in [-0.3, -0.25) is 4.79 Å². The van der Waals surface area contributed by atoms with E-state index in [1.807, 2.05) is 43.5 Å². The molecule has 2 aromatic rings. The standard InChI is InChI=1S/C16H20N4O.ClH/c1-12-8-9-20(19-12)15-5-3-2-4-14(15)18-16(21)11-17-10-13-6-7-13;/h2-5,8-9,13,17H,6-7,10-11H2,1H3,(H,18,21);1H. The van der Waals surface area contributed by atoms with Crippen LogP contribution in [0.5, 0.6) is 0 Å². The lowest BCUT2D eigenvalue weighted by Gasteiger charge is -2.11. The van der Waals surface area contributed by atoms with Gasteiger partial charge >= 0.3 is 0 Å². The molecular weight excluding hydrogens is 300 g/mol. The maximum atomic E-state index is 12.0. The van der Waals surface area contributed by atoms with Gasteiger partial charge in [0.1, 0.15) is 0 Å². The van der Waals surface area contributed by atoms with E-state index in [1.54, 1.807) is 4.68 Å². The second-order valence-corrected chi connectivity index (χ2v) is 5.54. The highest BCUT2D eigenvalue weighted by atomic mass is 35.5. The van der Waals surface area contributed by atoms with Crippen LogP contribution < -0.4 is 10.6 Å². The molecule has 0 radical (unpaired) electrons. The Morgan fingerprint density at radius 3 is 2.77 bits per heavy atom. The van der Waals surface area contributed by atoms with E-state index in [0.29, 0.717) is 6.54 Å². The number of aryl methyl sites for hydroxylation is 1. The minimum atomic E-state index is -0.0213. The summed E-state index contributed by atoms with van der Waals surface area (Å²) in [6.07, 6.45) is 4.47. The lowest BCUT2D eigenvalue weighted by Crippen LogP contribution is -2.29. The first-order valence-electron chi connectivity index (χ1n) is 7.34. The highest BCUT2D eigenvalue weighted by molar-refractivity contribution is 5.94. The first kappa shape index (κ1) is 16.5. The van der Waals surface area contributed by atoms with Crippen molar-refractivity contribution in [3.8, 4) is 5.69 Å². The zero-order chi connectivity index (χ0) is 14.7. The molecule has 3 rings (SSSR count). The summed E-state index contributed by atoms with van der Waals surface area (Å²) in [5.74, 6) is 0.754. The van der Waals surface area contributed by atoms with Crippen molar-refractivity contribution in [2.75, 3.05) is 18.4 Å².